The Bertz CT molecular complexity index is 906. The molecule has 0 aliphatic carbocycles. The molecule has 1 N–H and O–H groups in total. The zero-order valence-corrected chi connectivity index (χ0v) is 14.7. The van der Waals surface area contributed by atoms with Gasteiger partial charge in [0.15, 0.2) is 5.60 Å². The highest BCUT2D eigenvalue weighted by molar-refractivity contribution is 5.94. The number of hydrogen-bond donors (Lipinski definition) is 1. The van der Waals surface area contributed by atoms with Gasteiger partial charge < -0.3 is 10.0 Å². The summed E-state index contributed by atoms with van der Waals surface area (Å²) < 4.78 is 0. The molecule has 0 aromatic heterocycles. The van der Waals surface area contributed by atoms with Crippen LogP contribution in [0.4, 0.5) is 0 Å². The lowest BCUT2D eigenvalue weighted by Crippen LogP contribution is -2.65. The first kappa shape index (κ1) is 16.6. The van der Waals surface area contributed by atoms with Crippen LogP contribution in [-0.2, 0) is 16.9 Å². The molecule has 1 aliphatic rings. The average Bonchev–Trinajstić information content (AvgIpc) is 2.70. The Morgan fingerprint density at radius 2 is 1.46 bits per heavy atom. The van der Waals surface area contributed by atoms with Crippen LogP contribution in [0.1, 0.15) is 28.3 Å². The van der Waals surface area contributed by atoms with Gasteiger partial charge in [0.2, 0.25) is 0 Å². The number of carbonyl (C=O) groups excluding carboxylic acids is 1. The number of aryl methyl sites for hydroxylation is 1. The molecule has 130 valence electrons. The van der Waals surface area contributed by atoms with Crippen molar-refractivity contribution in [1.82, 2.24) is 4.90 Å². The van der Waals surface area contributed by atoms with Gasteiger partial charge in [0, 0.05) is 6.54 Å². The van der Waals surface area contributed by atoms with Crippen LogP contribution in [-0.4, -0.2) is 15.9 Å². The normalized spacial score (nSPS) is 22.2. The lowest BCUT2D eigenvalue weighted by atomic mass is 9.73. The molecule has 0 saturated carbocycles. The topological polar surface area (TPSA) is 40.5 Å². The molecule has 3 nitrogen and oxygen atoms in total. The third kappa shape index (κ3) is 2.61. The molecule has 2 atom stereocenters. The molecule has 3 aromatic rings. The van der Waals surface area contributed by atoms with E-state index in [0.29, 0.717) is 12.1 Å². The molecular formula is C23H21NO2. The molecule has 26 heavy (non-hydrogen) atoms. The van der Waals surface area contributed by atoms with E-state index in [1.807, 2.05) is 91.9 Å². The SMILES string of the molecule is Cc1ccc(CN2C(=O)[C@@](O)(c3ccccc3)[C@@H]2c2ccccc2)cc1. The monoisotopic (exact) mass is 343 g/mol. The van der Waals surface area contributed by atoms with E-state index >= 15 is 0 Å². The molecule has 1 aliphatic heterocycles. The first-order valence-corrected chi connectivity index (χ1v) is 8.80. The Morgan fingerprint density at radius 1 is 0.885 bits per heavy atom. The summed E-state index contributed by atoms with van der Waals surface area (Å²) in [5, 5.41) is 11.4. The van der Waals surface area contributed by atoms with E-state index in [0.717, 1.165) is 11.1 Å². The third-order valence-electron chi connectivity index (χ3n) is 5.10. The van der Waals surface area contributed by atoms with Gasteiger partial charge in [-0.3, -0.25) is 4.79 Å². The van der Waals surface area contributed by atoms with Crippen molar-refractivity contribution in [2.45, 2.75) is 25.1 Å². The second-order valence-corrected chi connectivity index (χ2v) is 6.86. The summed E-state index contributed by atoms with van der Waals surface area (Å²) in [6, 6.07) is 26.7. The van der Waals surface area contributed by atoms with Crippen molar-refractivity contribution in [2.75, 3.05) is 0 Å². The van der Waals surface area contributed by atoms with Crippen molar-refractivity contribution in [3.8, 4) is 0 Å². The quantitative estimate of drug-likeness (QED) is 0.728. The fraction of sp³-hybridized carbons (Fsp3) is 0.174. The molecule has 3 aromatic carbocycles. The van der Waals surface area contributed by atoms with Gasteiger partial charge in [-0.15, -0.1) is 0 Å². The Balaban J connectivity index is 1.73. The minimum absolute atomic E-state index is 0.252. The summed E-state index contributed by atoms with van der Waals surface area (Å²) in [4.78, 5) is 14.8. The number of β-lactam (4-membered cyclic amide) rings is 1. The van der Waals surface area contributed by atoms with Gasteiger partial charge in [-0.25, -0.2) is 0 Å². The summed E-state index contributed by atoms with van der Waals surface area (Å²) >= 11 is 0. The first-order chi connectivity index (χ1) is 12.6. The molecule has 1 fully saturated rings. The molecule has 1 saturated heterocycles. The van der Waals surface area contributed by atoms with E-state index in [1.54, 1.807) is 4.90 Å². The number of carbonyl (C=O) groups is 1. The lowest BCUT2D eigenvalue weighted by molar-refractivity contribution is -0.198. The molecule has 0 spiro atoms. The van der Waals surface area contributed by atoms with Gasteiger partial charge in [0.1, 0.15) is 0 Å². The minimum Gasteiger partial charge on any atom is -0.373 e. The van der Waals surface area contributed by atoms with Crippen molar-refractivity contribution >= 4 is 5.91 Å². The zero-order chi connectivity index (χ0) is 18.1. The van der Waals surface area contributed by atoms with Crippen molar-refractivity contribution in [1.29, 1.82) is 0 Å². The summed E-state index contributed by atoms with van der Waals surface area (Å²) in [7, 11) is 0. The number of benzene rings is 3. The number of likely N-dealkylation sites (tertiary alicyclic amines) is 1. The molecule has 1 heterocycles. The third-order valence-corrected chi connectivity index (χ3v) is 5.10. The largest absolute Gasteiger partial charge is 0.373 e. The van der Waals surface area contributed by atoms with Crippen LogP contribution in [0.15, 0.2) is 84.9 Å². The molecule has 4 rings (SSSR count). The van der Waals surface area contributed by atoms with Gasteiger partial charge in [-0.2, -0.15) is 0 Å². The Labute approximate surface area is 153 Å². The van der Waals surface area contributed by atoms with E-state index in [4.69, 9.17) is 0 Å². The number of amides is 1. The Hall–Kier alpha value is -2.91. The summed E-state index contributed by atoms with van der Waals surface area (Å²) in [6.45, 7) is 2.52. The van der Waals surface area contributed by atoms with Crippen LogP contribution < -0.4 is 0 Å². The van der Waals surface area contributed by atoms with Gasteiger partial charge in [-0.05, 0) is 23.6 Å². The maximum Gasteiger partial charge on any atom is 0.262 e. The second-order valence-electron chi connectivity index (χ2n) is 6.86. The van der Waals surface area contributed by atoms with Gasteiger partial charge in [-0.1, -0.05) is 90.5 Å². The van der Waals surface area contributed by atoms with E-state index in [2.05, 4.69) is 0 Å². The van der Waals surface area contributed by atoms with Crippen LogP contribution in [0.25, 0.3) is 0 Å². The minimum atomic E-state index is -1.52. The van der Waals surface area contributed by atoms with Gasteiger partial charge >= 0.3 is 0 Å². The van der Waals surface area contributed by atoms with Gasteiger partial charge in [0.25, 0.3) is 5.91 Å². The summed E-state index contributed by atoms with van der Waals surface area (Å²) in [5.74, 6) is -0.252. The fourth-order valence-corrected chi connectivity index (χ4v) is 3.70. The molecule has 1 amide bonds. The highest BCUT2D eigenvalue weighted by atomic mass is 16.3. The van der Waals surface area contributed by atoms with E-state index in [9.17, 15) is 9.90 Å². The highest BCUT2D eigenvalue weighted by Gasteiger charge is 2.61. The van der Waals surface area contributed by atoms with Crippen LogP contribution in [0.5, 0.6) is 0 Å². The summed E-state index contributed by atoms with van der Waals surface area (Å²) in [6.07, 6.45) is 0. The Morgan fingerprint density at radius 3 is 2.08 bits per heavy atom. The maximum absolute atomic E-state index is 13.0. The van der Waals surface area contributed by atoms with Crippen LogP contribution in [0, 0.1) is 6.92 Å². The van der Waals surface area contributed by atoms with Crippen LogP contribution >= 0.6 is 0 Å². The number of aliphatic hydroxyl groups is 1. The number of hydrogen-bond acceptors (Lipinski definition) is 2. The van der Waals surface area contributed by atoms with Crippen LogP contribution in [0.2, 0.25) is 0 Å². The molecule has 0 radical (unpaired) electrons. The number of rotatable bonds is 4. The van der Waals surface area contributed by atoms with Crippen LogP contribution in [0.3, 0.4) is 0 Å². The smallest absolute Gasteiger partial charge is 0.262 e. The number of nitrogens with zero attached hydrogens (tertiary/aromatic N) is 1. The predicted molar refractivity (Wildman–Crippen MR) is 101 cm³/mol. The van der Waals surface area contributed by atoms with E-state index in [1.165, 1.54) is 5.56 Å². The maximum atomic E-state index is 13.0. The van der Waals surface area contributed by atoms with Gasteiger partial charge in [0.05, 0.1) is 6.04 Å². The van der Waals surface area contributed by atoms with E-state index in [-0.39, 0.29) is 5.91 Å². The predicted octanol–water partition coefficient (Wildman–Crippen LogP) is 3.97. The average molecular weight is 343 g/mol. The van der Waals surface area contributed by atoms with E-state index < -0.39 is 11.6 Å². The zero-order valence-electron chi connectivity index (χ0n) is 14.7. The van der Waals surface area contributed by atoms with Crippen molar-refractivity contribution < 1.29 is 9.90 Å². The molecular weight excluding hydrogens is 322 g/mol. The lowest BCUT2D eigenvalue weighted by Gasteiger charge is -2.53. The molecule has 0 unspecified atom stereocenters. The fourth-order valence-electron chi connectivity index (χ4n) is 3.70. The van der Waals surface area contributed by atoms with Crippen molar-refractivity contribution in [3.63, 3.8) is 0 Å². The Kier molecular flexibility index (Phi) is 4.09. The summed E-state index contributed by atoms with van der Waals surface area (Å²) in [5.41, 5.74) is 2.29. The first-order valence-electron chi connectivity index (χ1n) is 8.80. The van der Waals surface area contributed by atoms with Crippen molar-refractivity contribution in [2.24, 2.45) is 0 Å². The standard InChI is InChI=1S/C23H21NO2/c1-17-12-14-18(15-13-17)16-24-21(19-8-4-2-5-9-19)23(26,22(24)25)20-10-6-3-7-11-20/h2-15,21,26H,16H2,1H3/t21-,23+/m0/s1. The highest BCUT2D eigenvalue weighted by Crippen LogP contribution is 2.50. The molecule has 3 heteroatoms. The second kappa shape index (κ2) is 6.43. The van der Waals surface area contributed by atoms with Crippen molar-refractivity contribution in [3.05, 3.63) is 107 Å². The molecule has 0 bridgehead atoms.